The Balaban J connectivity index is 1.75. The average Bonchev–Trinajstić information content (AvgIpc) is 2.99. The standard InChI is InChI=1S/C18H16N2O3S/c1-22-13-9-7-12(8-10-13)18(21)20-19-11-16-17(23-2)14-5-3-4-6-15(14)24-16/h3-11H,1-2H3,(H,20,21)/b19-11-. The third kappa shape index (κ3) is 3.23. The lowest BCUT2D eigenvalue weighted by molar-refractivity contribution is 0.0955. The Bertz CT molecular complexity index is 885. The Morgan fingerprint density at radius 1 is 1.08 bits per heavy atom. The van der Waals surface area contributed by atoms with Crippen molar-refractivity contribution in [2.75, 3.05) is 14.2 Å². The number of hydrogen-bond acceptors (Lipinski definition) is 5. The third-order valence-electron chi connectivity index (χ3n) is 3.48. The van der Waals surface area contributed by atoms with Crippen LogP contribution < -0.4 is 14.9 Å². The second-order valence-corrected chi connectivity index (χ2v) is 6.01. The van der Waals surface area contributed by atoms with E-state index in [9.17, 15) is 4.79 Å². The number of rotatable bonds is 5. The van der Waals surface area contributed by atoms with Crippen LogP contribution in [-0.2, 0) is 0 Å². The Hall–Kier alpha value is -2.86. The van der Waals surface area contributed by atoms with Gasteiger partial charge in [-0.15, -0.1) is 11.3 Å². The van der Waals surface area contributed by atoms with E-state index in [1.54, 1.807) is 56.0 Å². The molecule has 0 aliphatic rings. The molecule has 6 heteroatoms. The first-order chi connectivity index (χ1) is 11.7. The highest BCUT2D eigenvalue weighted by Gasteiger charge is 2.11. The molecule has 3 aromatic rings. The summed E-state index contributed by atoms with van der Waals surface area (Å²) in [5.74, 6) is 1.18. The van der Waals surface area contributed by atoms with Crippen molar-refractivity contribution in [3.05, 3.63) is 59.0 Å². The molecule has 2 aromatic carbocycles. The van der Waals surface area contributed by atoms with Crippen molar-refractivity contribution in [1.29, 1.82) is 0 Å². The highest BCUT2D eigenvalue weighted by Crippen LogP contribution is 2.36. The second kappa shape index (κ2) is 7.14. The summed E-state index contributed by atoms with van der Waals surface area (Å²) >= 11 is 1.56. The molecule has 24 heavy (non-hydrogen) atoms. The van der Waals surface area contributed by atoms with Crippen molar-refractivity contribution in [2.45, 2.75) is 0 Å². The summed E-state index contributed by atoms with van der Waals surface area (Å²) in [7, 11) is 3.21. The smallest absolute Gasteiger partial charge is 0.271 e. The van der Waals surface area contributed by atoms with Crippen LogP contribution in [0.25, 0.3) is 10.1 Å². The summed E-state index contributed by atoms with van der Waals surface area (Å²) < 4.78 is 11.6. The van der Waals surface area contributed by atoms with Crippen molar-refractivity contribution in [3.8, 4) is 11.5 Å². The lowest BCUT2D eigenvalue weighted by Crippen LogP contribution is -2.17. The van der Waals surface area contributed by atoms with Gasteiger partial charge in [-0.3, -0.25) is 4.79 Å². The number of methoxy groups -OCH3 is 2. The third-order valence-corrected chi connectivity index (χ3v) is 4.57. The summed E-state index contributed by atoms with van der Waals surface area (Å²) in [6.07, 6.45) is 1.60. The van der Waals surface area contributed by atoms with Crippen LogP contribution in [0.5, 0.6) is 11.5 Å². The Kier molecular flexibility index (Phi) is 4.77. The van der Waals surface area contributed by atoms with Gasteiger partial charge in [0.25, 0.3) is 5.91 Å². The molecular weight excluding hydrogens is 324 g/mol. The van der Waals surface area contributed by atoms with Crippen LogP contribution in [-0.4, -0.2) is 26.3 Å². The largest absolute Gasteiger partial charge is 0.497 e. The molecular formula is C18H16N2O3S. The lowest BCUT2D eigenvalue weighted by Gasteiger charge is -2.02. The van der Waals surface area contributed by atoms with Gasteiger partial charge in [-0.2, -0.15) is 5.10 Å². The molecule has 5 nitrogen and oxygen atoms in total. The van der Waals surface area contributed by atoms with Gasteiger partial charge in [-0.1, -0.05) is 12.1 Å². The maximum Gasteiger partial charge on any atom is 0.271 e. The monoisotopic (exact) mass is 340 g/mol. The fourth-order valence-electron chi connectivity index (χ4n) is 2.29. The molecule has 0 unspecified atom stereocenters. The predicted octanol–water partition coefficient (Wildman–Crippen LogP) is 3.68. The van der Waals surface area contributed by atoms with Gasteiger partial charge in [0.2, 0.25) is 0 Å². The molecule has 1 heterocycles. The van der Waals surface area contributed by atoms with E-state index in [0.29, 0.717) is 11.3 Å². The number of amides is 1. The van der Waals surface area contributed by atoms with E-state index >= 15 is 0 Å². The van der Waals surface area contributed by atoms with Crippen molar-refractivity contribution in [3.63, 3.8) is 0 Å². The zero-order chi connectivity index (χ0) is 16.9. The minimum atomic E-state index is -0.283. The highest BCUT2D eigenvalue weighted by molar-refractivity contribution is 7.21. The number of benzene rings is 2. The molecule has 0 aliphatic carbocycles. The zero-order valence-corrected chi connectivity index (χ0v) is 14.1. The van der Waals surface area contributed by atoms with Gasteiger partial charge in [0, 0.05) is 15.6 Å². The van der Waals surface area contributed by atoms with Crippen LogP contribution in [0.2, 0.25) is 0 Å². The SMILES string of the molecule is COc1ccc(C(=O)N/N=C\c2sc3ccccc3c2OC)cc1. The van der Waals surface area contributed by atoms with Crippen molar-refractivity contribution < 1.29 is 14.3 Å². The highest BCUT2D eigenvalue weighted by atomic mass is 32.1. The quantitative estimate of drug-likeness (QED) is 0.569. The zero-order valence-electron chi connectivity index (χ0n) is 13.3. The van der Waals surface area contributed by atoms with E-state index in [2.05, 4.69) is 10.5 Å². The summed E-state index contributed by atoms with van der Waals surface area (Å²) in [4.78, 5) is 12.9. The van der Waals surface area contributed by atoms with Gasteiger partial charge in [-0.25, -0.2) is 5.43 Å². The second-order valence-electron chi connectivity index (χ2n) is 4.92. The van der Waals surface area contributed by atoms with E-state index in [1.165, 1.54) is 0 Å². The molecule has 0 fully saturated rings. The molecule has 3 rings (SSSR count). The molecule has 122 valence electrons. The molecule has 1 aromatic heterocycles. The van der Waals surface area contributed by atoms with Crippen LogP contribution in [0.3, 0.4) is 0 Å². The molecule has 0 spiro atoms. The van der Waals surface area contributed by atoms with Gasteiger partial charge in [0.1, 0.15) is 11.5 Å². The number of hydrazone groups is 1. The van der Waals surface area contributed by atoms with Gasteiger partial charge in [0.05, 0.1) is 25.3 Å². The Labute approximate surface area is 143 Å². The van der Waals surface area contributed by atoms with Crippen LogP contribution in [0.1, 0.15) is 15.2 Å². The van der Waals surface area contributed by atoms with E-state index in [-0.39, 0.29) is 5.91 Å². The summed E-state index contributed by atoms with van der Waals surface area (Å²) in [5.41, 5.74) is 3.03. The molecule has 0 radical (unpaired) electrons. The summed E-state index contributed by atoms with van der Waals surface area (Å²) in [6, 6.07) is 14.8. The molecule has 1 N–H and O–H groups in total. The molecule has 0 atom stereocenters. The fraction of sp³-hybridized carbons (Fsp3) is 0.111. The minimum absolute atomic E-state index is 0.283. The van der Waals surface area contributed by atoms with E-state index < -0.39 is 0 Å². The van der Waals surface area contributed by atoms with Gasteiger partial charge >= 0.3 is 0 Å². The number of ether oxygens (including phenoxy) is 2. The number of nitrogens with one attached hydrogen (secondary N) is 1. The number of carbonyl (C=O) groups excluding carboxylic acids is 1. The van der Waals surface area contributed by atoms with E-state index in [0.717, 1.165) is 20.7 Å². The van der Waals surface area contributed by atoms with Crippen LogP contribution in [0.15, 0.2) is 53.6 Å². The molecule has 1 amide bonds. The van der Waals surface area contributed by atoms with E-state index in [1.807, 2.05) is 24.3 Å². The number of carbonyl (C=O) groups is 1. The molecule has 0 saturated carbocycles. The summed E-state index contributed by atoms with van der Waals surface area (Å²) in [5, 5.41) is 5.07. The maximum absolute atomic E-state index is 12.1. The molecule has 0 bridgehead atoms. The average molecular weight is 340 g/mol. The van der Waals surface area contributed by atoms with Crippen LogP contribution >= 0.6 is 11.3 Å². The first kappa shape index (κ1) is 16.0. The number of nitrogens with zero attached hydrogens (tertiary/aromatic N) is 1. The minimum Gasteiger partial charge on any atom is -0.497 e. The number of fused-ring (bicyclic) bond motifs is 1. The predicted molar refractivity (Wildman–Crippen MR) is 96.4 cm³/mol. The van der Waals surface area contributed by atoms with E-state index in [4.69, 9.17) is 9.47 Å². The van der Waals surface area contributed by atoms with Crippen molar-refractivity contribution >= 4 is 33.5 Å². The van der Waals surface area contributed by atoms with Gasteiger partial charge in [-0.05, 0) is 36.4 Å². The topological polar surface area (TPSA) is 59.9 Å². The normalized spacial score (nSPS) is 10.9. The fourth-order valence-corrected chi connectivity index (χ4v) is 3.34. The Morgan fingerprint density at radius 2 is 1.83 bits per heavy atom. The van der Waals surface area contributed by atoms with Gasteiger partial charge < -0.3 is 9.47 Å². The molecule has 0 saturated heterocycles. The van der Waals surface area contributed by atoms with Crippen LogP contribution in [0.4, 0.5) is 0 Å². The van der Waals surface area contributed by atoms with Crippen molar-refractivity contribution in [1.82, 2.24) is 5.43 Å². The maximum atomic E-state index is 12.1. The lowest BCUT2D eigenvalue weighted by atomic mass is 10.2. The Morgan fingerprint density at radius 3 is 2.54 bits per heavy atom. The van der Waals surface area contributed by atoms with Crippen molar-refractivity contribution in [2.24, 2.45) is 5.10 Å². The first-order valence-electron chi connectivity index (χ1n) is 7.26. The van der Waals surface area contributed by atoms with Gasteiger partial charge in [0.15, 0.2) is 0 Å². The number of thiophene rings is 1. The first-order valence-corrected chi connectivity index (χ1v) is 8.07. The number of hydrogen-bond donors (Lipinski definition) is 1. The van der Waals surface area contributed by atoms with Crippen LogP contribution in [0, 0.1) is 0 Å². The summed E-state index contributed by atoms with van der Waals surface area (Å²) in [6.45, 7) is 0. The molecule has 0 aliphatic heterocycles.